The quantitative estimate of drug-likeness (QED) is 0.627. The molecule has 0 amide bonds. The second kappa shape index (κ2) is 6.64. The fraction of sp³-hybridized carbons (Fsp3) is 0.538. The Kier molecular flexibility index (Phi) is 5.47. The molecule has 5 heteroatoms. The third kappa shape index (κ3) is 3.63. The number of nitro benzene ring substituents is 1. The zero-order chi connectivity index (χ0) is 13.7. The van der Waals surface area contributed by atoms with Crippen LogP contribution in [-0.4, -0.2) is 17.2 Å². The van der Waals surface area contributed by atoms with Crippen LogP contribution in [0.5, 0.6) is 0 Å². The first kappa shape index (κ1) is 14.8. The van der Waals surface area contributed by atoms with Gasteiger partial charge in [-0.05, 0) is 11.5 Å². The third-order valence-corrected chi connectivity index (χ3v) is 4.56. The number of nitro groups is 1. The van der Waals surface area contributed by atoms with E-state index in [2.05, 4.69) is 26.1 Å². The maximum Gasteiger partial charge on any atom is 0.292 e. The molecule has 1 rings (SSSR count). The number of rotatable bonds is 6. The van der Waals surface area contributed by atoms with Gasteiger partial charge in [0.2, 0.25) is 0 Å². The SMILES string of the molecule is CNc1c(CSC(C)C(C)C)cccc1[N+](=O)[O-]. The monoisotopic (exact) mass is 268 g/mol. The van der Waals surface area contributed by atoms with Gasteiger partial charge in [-0.1, -0.05) is 32.9 Å². The molecular formula is C13H20N2O2S. The van der Waals surface area contributed by atoms with Crippen LogP contribution in [0.15, 0.2) is 18.2 Å². The Morgan fingerprint density at radius 2 is 2.06 bits per heavy atom. The Hall–Kier alpha value is -1.23. The van der Waals surface area contributed by atoms with Crippen molar-refractivity contribution in [3.63, 3.8) is 0 Å². The normalized spacial score (nSPS) is 12.5. The molecule has 0 fully saturated rings. The second-order valence-corrected chi connectivity index (χ2v) is 5.94. The summed E-state index contributed by atoms with van der Waals surface area (Å²) in [6.45, 7) is 6.56. The summed E-state index contributed by atoms with van der Waals surface area (Å²) in [4.78, 5) is 10.6. The summed E-state index contributed by atoms with van der Waals surface area (Å²) in [5, 5.41) is 14.4. The number of anilines is 1. The maximum atomic E-state index is 10.9. The molecule has 1 unspecified atom stereocenters. The number of para-hydroxylation sites is 1. The van der Waals surface area contributed by atoms with Gasteiger partial charge in [0.05, 0.1) is 4.92 Å². The Morgan fingerprint density at radius 1 is 1.39 bits per heavy atom. The van der Waals surface area contributed by atoms with E-state index in [1.165, 1.54) is 6.07 Å². The Morgan fingerprint density at radius 3 is 2.56 bits per heavy atom. The summed E-state index contributed by atoms with van der Waals surface area (Å²) in [6.07, 6.45) is 0. The minimum atomic E-state index is -0.341. The summed E-state index contributed by atoms with van der Waals surface area (Å²) < 4.78 is 0. The molecule has 0 saturated carbocycles. The zero-order valence-corrected chi connectivity index (χ0v) is 12.1. The van der Waals surface area contributed by atoms with Crippen molar-refractivity contribution in [1.29, 1.82) is 0 Å². The van der Waals surface area contributed by atoms with E-state index < -0.39 is 0 Å². The van der Waals surface area contributed by atoms with Crippen LogP contribution in [0.3, 0.4) is 0 Å². The largest absolute Gasteiger partial charge is 0.382 e. The second-order valence-electron chi connectivity index (χ2n) is 4.58. The highest BCUT2D eigenvalue weighted by Gasteiger charge is 2.17. The first-order valence-electron chi connectivity index (χ1n) is 6.03. The van der Waals surface area contributed by atoms with Crippen molar-refractivity contribution in [1.82, 2.24) is 0 Å². The molecule has 4 nitrogen and oxygen atoms in total. The number of hydrogen-bond acceptors (Lipinski definition) is 4. The summed E-state index contributed by atoms with van der Waals surface area (Å²) in [5.41, 5.74) is 1.77. The molecule has 0 radical (unpaired) electrons. The van der Waals surface area contributed by atoms with Crippen molar-refractivity contribution in [2.24, 2.45) is 5.92 Å². The zero-order valence-electron chi connectivity index (χ0n) is 11.3. The number of nitrogens with one attached hydrogen (secondary N) is 1. The van der Waals surface area contributed by atoms with E-state index in [4.69, 9.17) is 0 Å². The molecule has 100 valence electrons. The molecule has 0 aromatic heterocycles. The molecule has 0 heterocycles. The molecule has 0 spiro atoms. The Bertz CT molecular complexity index is 421. The molecule has 1 aromatic rings. The average Bonchev–Trinajstić information content (AvgIpc) is 2.34. The van der Waals surface area contributed by atoms with Gasteiger partial charge >= 0.3 is 0 Å². The predicted molar refractivity (Wildman–Crippen MR) is 78.2 cm³/mol. The maximum absolute atomic E-state index is 10.9. The Labute approximate surface area is 112 Å². The van der Waals surface area contributed by atoms with Crippen LogP contribution in [0.1, 0.15) is 26.3 Å². The lowest BCUT2D eigenvalue weighted by Crippen LogP contribution is -2.07. The van der Waals surface area contributed by atoms with Gasteiger partial charge < -0.3 is 5.32 Å². The molecule has 0 aliphatic heterocycles. The van der Waals surface area contributed by atoms with E-state index in [0.717, 1.165) is 11.3 Å². The van der Waals surface area contributed by atoms with E-state index >= 15 is 0 Å². The predicted octanol–water partition coefficient (Wildman–Crippen LogP) is 3.91. The standard InChI is InChI=1S/C13H20N2O2S/c1-9(2)10(3)18-8-11-6-5-7-12(15(16)17)13(11)14-4/h5-7,9-10,14H,8H2,1-4H3. The highest BCUT2D eigenvalue weighted by atomic mass is 32.2. The lowest BCUT2D eigenvalue weighted by Gasteiger charge is -2.16. The summed E-state index contributed by atoms with van der Waals surface area (Å²) in [6, 6.07) is 5.22. The van der Waals surface area contributed by atoms with Gasteiger partial charge in [-0.2, -0.15) is 11.8 Å². The van der Waals surface area contributed by atoms with Gasteiger partial charge in [0.25, 0.3) is 5.69 Å². The van der Waals surface area contributed by atoms with Crippen molar-refractivity contribution in [2.75, 3.05) is 12.4 Å². The highest BCUT2D eigenvalue weighted by molar-refractivity contribution is 7.99. The fourth-order valence-corrected chi connectivity index (χ4v) is 2.63. The molecule has 0 aliphatic rings. The number of hydrogen-bond donors (Lipinski definition) is 1. The number of thioether (sulfide) groups is 1. The molecule has 1 aromatic carbocycles. The van der Waals surface area contributed by atoms with E-state index in [9.17, 15) is 10.1 Å². The van der Waals surface area contributed by atoms with Crippen LogP contribution in [0.25, 0.3) is 0 Å². The number of nitrogens with zero attached hydrogens (tertiary/aromatic N) is 1. The molecule has 0 bridgehead atoms. The van der Waals surface area contributed by atoms with E-state index in [-0.39, 0.29) is 10.6 Å². The summed E-state index contributed by atoms with van der Waals surface area (Å²) in [5.74, 6) is 1.39. The first-order valence-corrected chi connectivity index (χ1v) is 7.07. The van der Waals surface area contributed by atoms with E-state index in [0.29, 0.717) is 16.9 Å². The van der Waals surface area contributed by atoms with Gasteiger partial charge in [0.1, 0.15) is 5.69 Å². The van der Waals surface area contributed by atoms with Gasteiger partial charge in [0.15, 0.2) is 0 Å². The van der Waals surface area contributed by atoms with Crippen LogP contribution in [0, 0.1) is 16.0 Å². The lowest BCUT2D eigenvalue weighted by atomic mass is 10.1. The average molecular weight is 268 g/mol. The topological polar surface area (TPSA) is 55.2 Å². The highest BCUT2D eigenvalue weighted by Crippen LogP contribution is 2.32. The minimum absolute atomic E-state index is 0.146. The summed E-state index contributed by atoms with van der Waals surface area (Å²) in [7, 11) is 1.72. The smallest absolute Gasteiger partial charge is 0.292 e. The number of benzene rings is 1. The lowest BCUT2D eigenvalue weighted by molar-refractivity contribution is -0.384. The molecule has 0 saturated heterocycles. The van der Waals surface area contributed by atoms with Crippen LogP contribution >= 0.6 is 11.8 Å². The van der Waals surface area contributed by atoms with E-state index in [1.807, 2.05) is 17.8 Å². The van der Waals surface area contributed by atoms with Gasteiger partial charge in [-0.15, -0.1) is 0 Å². The van der Waals surface area contributed by atoms with Gasteiger partial charge in [-0.25, -0.2) is 0 Å². The van der Waals surface area contributed by atoms with Gasteiger partial charge in [0, 0.05) is 24.1 Å². The summed E-state index contributed by atoms with van der Waals surface area (Å²) >= 11 is 1.82. The third-order valence-electron chi connectivity index (χ3n) is 3.02. The van der Waals surface area contributed by atoms with Crippen LogP contribution in [0.2, 0.25) is 0 Å². The van der Waals surface area contributed by atoms with Crippen LogP contribution in [-0.2, 0) is 5.75 Å². The van der Waals surface area contributed by atoms with Crippen molar-refractivity contribution in [2.45, 2.75) is 31.8 Å². The molecule has 1 atom stereocenters. The van der Waals surface area contributed by atoms with Crippen LogP contribution in [0.4, 0.5) is 11.4 Å². The molecule has 18 heavy (non-hydrogen) atoms. The van der Waals surface area contributed by atoms with E-state index in [1.54, 1.807) is 13.1 Å². The van der Waals surface area contributed by atoms with Crippen molar-refractivity contribution in [3.05, 3.63) is 33.9 Å². The van der Waals surface area contributed by atoms with Crippen molar-refractivity contribution < 1.29 is 4.92 Å². The Balaban J connectivity index is 2.89. The fourth-order valence-electron chi connectivity index (χ4n) is 1.56. The van der Waals surface area contributed by atoms with Crippen molar-refractivity contribution in [3.8, 4) is 0 Å². The van der Waals surface area contributed by atoms with Crippen molar-refractivity contribution >= 4 is 23.1 Å². The van der Waals surface area contributed by atoms with Gasteiger partial charge in [-0.3, -0.25) is 10.1 Å². The molecule has 1 N–H and O–H groups in total. The molecule has 0 aliphatic carbocycles. The van der Waals surface area contributed by atoms with Crippen LogP contribution < -0.4 is 5.32 Å². The minimum Gasteiger partial charge on any atom is -0.382 e. The first-order chi connectivity index (χ1) is 8.47. The molecular weight excluding hydrogens is 248 g/mol.